The molecule has 8 nitrogen and oxygen atoms in total. The minimum Gasteiger partial charge on any atom is -0.444 e. The number of carbonyl (C=O) groups excluding carboxylic acids is 1. The van der Waals surface area contributed by atoms with Crippen molar-refractivity contribution in [2.24, 2.45) is 0 Å². The number of nitrogens with one attached hydrogen (secondary N) is 3. The average molecular weight is 512 g/mol. The molecule has 0 saturated heterocycles. The number of ether oxygens (including phenoxy) is 1. The molecular formula is C27H33N3O5S. The van der Waals surface area contributed by atoms with E-state index in [1.807, 2.05) is 60.7 Å². The summed E-state index contributed by atoms with van der Waals surface area (Å²) in [4.78, 5) is 37.8. The predicted molar refractivity (Wildman–Crippen MR) is 144 cm³/mol. The fraction of sp³-hybridized carbons (Fsp3) is 0.370. The molecule has 3 aromatic rings. The number of carbonyl (C=O) groups is 1. The lowest BCUT2D eigenvalue weighted by atomic mass is 9.92. The van der Waals surface area contributed by atoms with Gasteiger partial charge in [0.15, 0.2) is 0 Å². The van der Waals surface area contributed by atoms with Gasteiger partial charge in [-0.25, -0.2) is 9.00 Å². The highest BCUT2D eigenvalue weighted by atomic mass is 32.2. The maximum Gasteiger partial charge on any atom is 0.408 e. The van der Waals surface area contributed by atoms with Crippen molar-refractivity contribution in [3.05, 3.63) is 92.2 Å². The molecule has 0 aromatic heterocycles. The zero-order chi connectivity index (χ0) is 26.7. The second-order valence-electron chi connectivity index (χ2n) is 10.5. The molecule has 0 aliphatic rings. The molecule has 0 bridgehead atoms. The van der Waals surface area contributed by atoms with Gasteiger partial charge in [-0.05, 0) is 52.7 Å². The molecular weight excluding hydrogens is 478 g/mol. The Morgan fingerprint density at radius 1 is 0.778 bits per heavy atom. The third kappa shape index (κ3) is 6.60. The van der Waals surface area contributed by atoms with E-state index in [1.54, 1.807) is 41.5 Å². The zero-order valence-corrected chi connectivity index (χ0v) is 22.2. The largest absolute Gasteiger partial charge is 0.444 e. The predicted octanol–water partition coefficient (Wildman–Crippen LogP) is 4.58. The van der Waals surface area contributed by atoms with Crippen LogP contribution in [0.4, 0.5) is 16.2 Å². The van der Waals surface area contributed by atoms with E-state index in [0.29, 0.717) is 0 Å². The van der Waals surface area contributed by atoms with Crippen LogP contribution in [-0.4, -0.2) is 20.7 Å². The summed E-state index contributed by atoms with van der Waals surface area (Å²) >= 11 is 0. The Hall–Kier alpha value is -3.46. The Labute approximate surface area is 213 Å². The number of rotatable bonds is 8. The SMILES string of the molecule is CC(C)(C)OC(=O)N[C@@H](c1ccccc1)[C@@H](Nc1c(N[S@@](=O)C(C)(C)C)c(=O)c1=O)c1ccccc1. The Kier molecular flexibility index (Phi) is 8.03. The molecule has 192 valence electrons. The molecule has 9 heteroatoms. The van der Waals surface area contributed by atoms with Crippen LogP contribution in [-0.2, 0) is 15.7 Å². The van der Waals surface area contributed by atoms with Crippen LogP contribution in [0, 0.1) is 0 Å². The number of hydrogen-bond acceptors (Lipinski definition) is 6. The quantitative estimate of drug-likeness (QED) is 0.382. The smallest absolute Gasteiger partial charge is 0.408 e. The Balaban J connectivity index is 2.05. The van der Waals surface area contributed by atoms with Gasteiger partial charge >= 0.3 is 6.09 Å². The highest BCUT2D eigenvalue weighted by Crippen LogP contribution is 2.34. The molecule has 3 rings (SSSR count). The molecule has 0 aliphatic carbocycles. The second-order valence-corrected chi connectivity index (χ2v) is 12.4. The Morgan fingerprint density at radius 3 is 1.72 bits per heavy atom. The van der Waals surface area contributed by atoms with Gasteiger partial charge in [-0.2, -0.15) is 0 Å². The summed E-state index contributed by atoms with van der Waals surface area (Å²) in [6.45, 7) is 10.6. The van der Waals surface area contributed by atoms with Crippen LogP contribution < -0.4 is 26.2 Å². The van der Waals surface area contributed by atoms with E-state index in [-0.39, 0.29) is 11.4 Å². The number of anilines is 2. The topological polar surface area (TPSA) is 114 Å². The average Bonchev–Trinajstić information content (AvgIpc) is 2.81. The number of benzene rings is 2. The van der Waals surface area contributed by atoms with Crippen LogP contribution in [0.1, 0.15) is 64.8 Å². The summed E-state index contributed by atoms with van der Waals surface area (Å²) in [6.07, 6.45) is -0.628. The first kappa shape index (κ1) is 27.1. The third-order valence-corrected chi connectivity index (χ3v) is 6.79. The van der Waals surface area contributed by atoms with Gasteiger partial charge in [0.25, 0.3) is 10.9 Å². The summed E-state index contributed by atoms with van der Waals surface area (Å²) in [5.74, 6) is 0. The second kappa shape index (κ2) is 10.7. The minimum absolute atomic E-state index is 0.0263. The van der Waals surface area contributed by atoms with Gasteiger partial charge < -0.3 is 15.4 Å². The summed E-state index contributed by atoms with van der Waals surface area (Å²) in [5, 5.41) is 6.09. The van der Waals surface area contributed by atoms with Crippen molar-refractivity contribution in [1.82, 2.24) is 5.32 Å². The minimum atomic E-state index is -1.61. The summed E-state index contributed by atoms with van der Waals surface area (Å²) in [5.41, 5.74) is -0.647. The molecule has 0 heterocycles. The molecule has 3 aromatic carbocycles. The molecule has 1 amide bonds. The van der Waals surface area contributed by atoms with Crippen molar-refractivity contribution in [3.63, 3.8) is 0 Å². The number of hydrogen-bond donors (Lipinski definition) is 3. The first-order valence-electron chi connectivity index (χ1n) is 11.7. The summed E-state index contributed by atoms with van der Waals surface area (Å²) < 4.78 is 20.2. The lowest BCUT2D eigenvalue weighted by Gasteiger charge is -2.32. The molecule has 0 saturated carbocycles. The Morgan fingerprint density at radius 2 is 1.25 bits per heavy atom. The van der Waals surface area contributed by atoms with Gasteiger partial charge in [0.2, 0.25) is 0 Å². The first-order valence-corrected chi connectivity index (χ1v) is 12.8. The van der Waals surface area contributed by atoms with Gasteiger partial charge in [0.05, 0.1) is 16.8 Å². The van der Waals surface area contributed by atoms with E-state index < -0.39 is 50.4 Å². The van der Waals surface area contributed by atoms with Crippen molar-refractivity contribution in [3.8, 4) is 0 Å². The molecule has 0 aliphatic heterocycles. The van der Waals surface area contributed by atoms with Crippen LogP contribution in [0.25, 0.3) is 0 Å². The highest BCUT2D eigenvalue weighted by molar-refractivity contribution is 7.87. The maximum absolute atomic E-state index is 12.8. The van der Waals surface area contributed by atoms with Gasteiger partial charge in [-0.15, -0.1) is 0 Å². The lowest BCUT2D eigenvalue weighted by molar-refractivity contribution is 0.0497. The van der Waals surface area contributed by atoms with Crippen molar-refractivity contribution in [1.29, 1.82) is 0 Å². The lowest BCUT2D eigenvalue weighted by Crippen LogP contribution is -2.43. The van der Waals surface area contributed by atoms with Crippen molar-refractivity contribution < 1.29 is 13.7 Å². The van der Waals surface area contributed by atoms with E-state index >= 15 is 0 Å². The monoisotopic (exact) mass is 511 g/mol. The summed E-state index contributed by atoms with van der Waals surface area (Å²) in [7, 11) is -1.61. The van der Waals surface area contributed by atoms with E-state index in [4.69, 9.17) is 4.74 Å². The van der Waals surface area contributed by atoms with E-state index in [1.165, 1.54) is 0 Å². The van der Waals surface area contributed by atoms with Gasteiger partial charge in [-0.1, -0.05) is 60.7 Å². The standard InChI is InChI=1S/C27H33N3O5S/c1-26(2,3)35-25(33)29-20(18-15-11-8-12-16-18)19(17-13-9-7-10-14-17)28-21-22(24(32)23(21)31)30-36(34)27(4,5)6/h7-16,19-20,28,30H,1-6H3,(H,29,33)/t19-,20-,36-/m0/s1. The molecule has 0 unspecified atom stereocenters. The normalized spacial score (nSPS) is 14.5. The Bertz CT molecular complexity index is 1290. The first-order chi connectivity index (χ1) is 16.8. The van der Waals surface area contributed by atoms with E-state index in [0.717, 1.165) is 11.1 Å². The van der Waals surface area contributed by atoms with Crippen LogP contribution in [0.15, 0.2) is 70.3 Å². The molecule has 0 radical (unpaired) electrons. The maximum atomic E-state index is 12.8. The fourth-order valence-electron chi connectivity index (χ4n) is 3.50. The van der Waals surface area contributed by atoms with Crippen LogP contribution in [0.3, 0.4) is 0 Å². The molecule has 0 spiro atoms. The van der Waals surface area contributed by atoms with E-state index in [2.05, 4.69) is 15.4 Å². The zero-order valence-electron chi connectivity index (χ0n) is 21.4. The van der Waals surface area contributed by atoms with Crippen LogP contribution in [0.5, 0.6) is 0 Å². The van der Waals surface area contributed by atoms with Crippen molar-refractivity contribution >= 4 is 28.5 Å². The molecule has 3 N–H and O–H groups in total. The number of amides is 1. The molecule has 3 atom stereocenters. The fourth-order valence-corrected chi connectivity index (χ4v) is 4.19. The van der Waals surface area contributed by atoms with Crippen LogP contribution >= 0.6 is 0 Å². The van der Waals surface area contributed by atoms with Crippen molar-refractivity contribution in [2.75, 3.05) is 10.0 Å². The van der Waals surface area contributed by atoms with Gasteiger partial charge in [0.1, 0.15) is 28.0 Å². The van der Waals surface area contributed by atoms with Crippen LogP contribution in [0.2, 0.25) is 0 Å². The van der Waals surface area contributed by atoms with Gasteiger partial charge in [0, 0.05) is 0 Å². The van der Waals surface area contributed by atoms with E-state index in [9.17, 15) is 18.6 Å². The molecule has 0 fully saturated rings. The van der Waals surface area contributed by atoms with Crippen molar-refractivity contribution in [2.45, 2.75) is 64.0 Å². The number of alkyl carbamates (subject to hydrolysis) is 1. The highest BCUT2D eigenvalue weighted by Gasteiger charge is 2.33. The van der Waals surface area contributed by atoms with Gasteiger partial charge in [-0.3, -0.25) is 14.3 Å². The third-order valence-electron chi connectivity index (χ3n) is 5.28. The molecule has 36 heavy (non-hydrogen) atoms. The summed E-state index contributed by atoms with van der Waals surface area (Å²) in [6, 6.07) is 17.2.